The molecule has 0 aliphatic heterocycles. The zero-order chi connectivity index (χ0) is 14.3. The van der Waals surface area contributed by atoms with Crippen LogP contribution in [0.1, 0.15) is 64.6 Å². The first kappa shape index (κ1) is 13.7. The number of ether oxygens (including phenoxy) is 1. The van der Waals surface area contributed by atoms with Crippen molar-refractivity contribution in [2.24, 2.45) is 11.3 Å². The number of nitrogens with two attached hydrogens (primary N) is 1. The summed E-state index contributed by atoms with van der Waals surface area (Å²) >= 11 is 0. The van der Waals surface area contributed by atoms with Gasteiger partial charge in [-0.3, -0.25) is 0 Å². The van der Waals surface area contributed by atoms with Crippen molar-refractivity contribution in [3.05, 3.63) is 11.9 Å². The van der Waals surface area contributed by atoms with Gasteiger partial charge in [0.2, 0.25) is 5.88 Å². The quantitative estimate of drug-likeness (QED) is 0.916. The molecule has 2 saturated carbocycles. The van der Waals surface area contributed by atoms with E-state index in [1.807, 2.05) is 0 Å². The van der Waals surface area contributed by atoms with Crippen LogP contribution < -0.4 is 10.5 Å². The summed E-state index contributed by atoms with van der Waals surface area (Å²) in [5.41, 5.74) is 6.23. The number of hydrogen-bond donors (Lipinski definition) is 1. The molecule has 3 rings (SSSR count). The van der Waals surface area contributed by atoms with Gasteiger partial charge < -0.3 is 10.5 Å². The van der Waals surface area contributed by atoms with Crippen LogP contribution in [0.2, 0.25) is 0 Å². The molecule has 2 unspecified atom stereocenters. The first-order valence-electron chi connectivity index (χ1n) is 7.72. The van der Waals surface area contributed by atoms with Gasteiger partial charge in [-0.1, -0.05) is 20.8 Å². The molecule has 0 spiro atoms. The molecule has 0 radical (unpaired) electrons. The van der Waals surface area contributed by atoms with E-state index in [0.717, 1.165) is 18.7 Å². The van der Waals surface area contributed by atoms with Gasteiger partial charge in [-0.25, -0.2) is 4.98 Å². The van der Waals surface area contributed by atoms with Crippen LogP contribution in [0.3, 0.4) is 0 Å². The highest BCUT2D eigenvalue weighted by Crippen LogP contribution is 2.41. The van der Waals surface area contributed by atoms with Crippen LogP contribution >= 0.6 is 0 Å². The second kappa shape index (κ2) is 4.90. The predicted octanol–water partition coefficient (Wildman–Crippen LogP) is 3.53. The van der Waals surface area contributed by atoms with Crippen molar-refractivity contribution in [2.45, 2.75) is 64.9 Å². The van der Waals surface area contributed by atoms with Crippen molar-refractivity contribution >= 4 is 5.82 Å². The van der Waals surface area contributed by atoms with Crippen molar-refractivity contribution < 1.29 is 4.74 Å². The molecule has 110 valence electrons. The lowest BCUT2D eigenvalue weighted by atomic mass is 9.71. The fourth-order valence-corrected chi connectivity index (χ4v) is 3.56. The van der Waals surface area contributed by atoms with Gasteiger partial charge in [0.1, 0.15) is 17.7 Å². The summed E-state index contributed by atoms with van der Waals surface area (Å²) < 4.78 is 6.13. The molecule has 20 heavy (non-hydrogen) atoms. The average Bonchev–Trinajstić information content (AvgIpc) is 3.07. The lowest BCUT2D eigenvalue weighted by molar-refractivity contribution is 0.0531. The van der Waals surface area contributed by atoms with Crippen molar-refractivity contribution in [1.82, 2.24) is 9.97 Å². The summed E-state index contributed by atoms with van der Waals surface area (Å²) in [4.78, 5) is 8.87. The highest BCUT2D eigenvalue weighted by molar-refractivity contribution is 5.34. The average molecular weight is 275 g/mol. The highest BCUT2D eigenvalue weighted by atomic mass is 16.5. The Morgan fingerprint density at radius 1 is 1.25 bits per heavy atom. The van der Waals surface area contributed by atoms with Crippen LogP contribution in [0.4, 0.5) is 5.82 Å². The number of rotatable bonds is 3. The van der Waals surface area contributed by atoms with E-state index >= 15 is 0 Å². The summed E-state index contributed by atoms with van der Waals surface area (Å²) in [7, 11) is 0. The second-order valence-electron chi connectivity index (χ2n) is 7.42. The van der Waals surface area contributed by atoms with E-state index < -0.39 is 0 Å². The van der Waals surface area contributed by atoms with Crippen molar-refractivity contribution in [3.63, 3.8) is 0 Å². The van der Waals surface area contributed by atoms with E-state index in [4.69, 9.17) is 10.5 Å². The van der Waals surface area contributed by atoms with E-state index in [2.05, 4.69) is 30.7 Å². The molecule has 1 aromatic heterocycles. The molecule has 0 aromatic carbocycles. The molecule has 1 heterocycles. The Morgan fingerprint density at radius 2 is 2.00 bits per heavy atom. The Morgan fingerprint density at radius 3 is 2.65 bits per heavy atom. The molecule has 0 amide bonds. The molecular formula is C16H25N3O. The minimum atomic E-state index is 0.245. The molecule has 0 bridgehead atoms. The third-order valence-corrected chi connectivity index (χ3v) is 4.32. The lowest BCUT2D eigenvalue weighted by Gasteiger charge is -2.38. The summed E-state index contributed by atoms with van der Waals surface area (Å²) in [6, 6.07) is 1.76. The first-order valence-corrected chi connectivity index (χ1v) is 7.72. The number of nitrogens with zero attached hydrogens (tertiary/aromatic N) is 2. The SMILES string of the molecule is CC1CC(Oc2cc(N)nc(C3CC3)n2)CC(C)(C)C1. The zero-order valence-corrected chi connectivity index (χ0v) is 12.7. The maximum Gasteiger partial charge on any atom is 0.219 e. The fourth-order valence-electron chi connectivity index (χ4n) is 3.56. The van der Waals surface area contributed by atoms with Crippen LogP contribution in [0.15, 0.2) is 6.07 Å². The molecule has 4 heteroatoms. The molecule has 2 fully saturated rings. The van der Waals surface area contributed by atoms with Crippen molar-refractivity contribution in [3.8, 4) is 5.88 Å². The zero-order valence-electron chi connectivity index (χ0n) is 12.7. The van der Waals surface area contributed by atoms with E-state index in [9.17, 15) is 0 Å². The van der Waals surface area contributed by atoms with Crippen LogP contribution in [-0.2, 0) is 0 Å². The molecule has 0 saturated heterocycles. The Balaban J connectivity index is 1.73. The molecule has 2 aliphatic rings. The smallest absolute Gasteiger partial charge is 0.219 e. The Labute approximate surface area is 121 Å². The van der Waals surface area contributed by atoms with Crippen LogP contribution in [0.5, 0.6) is 5.88 Å². The van der Waals surface area contributed by atoms with Gasteiger partial charge in [0.25, 0.3) is 0 Å². The summed E-state index contributed by atoms with van der Waals surface area (Å²) in [5, 5.41) is 0. The Bertz CT molecular complexity index is 496. The van der Waals surface area contributed by atoms with E-state index in [-0.39, 0.29) is 6.10 Å². The van der Waals surface area contributed by atoms with Crippen molar-refractivity contribution in [1.29, 1.82) is 0 Å². The van der Waals surface area contributed by atoms with Gasteiger partial charge in [0.05, 0.1) is 0 Å². The number of nitrogen functional groups attached to an aromatic ring is 1. The van der Waals surface area contributed by atoms with Gasteiger partial charge in [0, 0.05) is 12.0 Å². The molecule has 2 aliphatic carbocycles. The maximum atomic E-state index is 6.13. The van der Waals surface area contributed by atoms with Crippen LogP contribution in [0, 0.1) is 11.3 Å². The minimum absolute atomic E-state index is 0.245. The van der Waals surface area contributed by atoms with Gasteiger partial charge in [-0.2, -0.15) is 4.98 Å². The van der Waals surface area contributed by atoms with E-state index in [0.29, 0.717) is 28.9 Å². The largest absolute Gasteiger partial charge is 0.474 e. The van der Waals surface area contributed by atoms with Crippen molar-refractivity contribution in [2.75, 3.05) is 5.73 Å². The van der Waals surface area contributed by atoms with E-state index in [1.54, 1.807) is 6.07 Å². The topological polar surface area (TPSA) is 61.0 Å². The highest BCUT2D eigenvalue weighted by Gasteiger charge is 2.34. The lowest BCUT2D eigenvalue weighted by Crippen LogP contribution is -2.34. The Hall–Kier alpha value is -1.32. The molecular weight excluding hydrogens is 250 g/mol. The van der Waals surface area contributed by atoms with E-state index in [1.165, 1.54) is 19.3 Å². The number of aromatic nitrogens is 2. The summed E-state index contributed by atoms with van der Waals surface area (Å²) in [6.45, 7) is 6.95. The molecule has 2 N–H and O–H groups in total. The van der Waals surface area contributed by atoms with Crippen LogP contribution in [-0.4, -0.2) is 16.1 Å². The van der Waals surface area contributed by atoms with Gasteiger partial charge in [0.15, 0.2) is 0 Å². The summed E-state index contributed by atoms with van der Waals surface area (Å²) in [6.07, 6.45) is 6.06. The molecule has 1 aromatic rings. The van der Waals surface area contributed by atoms with Gasteiger partial charge in [-0.05, 0) is 43.4 Å². The second-order valence-corrected chi connectivity index (χ2v) is 7.42. The maximum absolute atomic E-state index is 6.13. The molecule has 2 atom stereocenters. The fraction of sp³-hybridized carbons (Fsp3) is 0.750. The monoisotopic (exact) mass is 275 g/mol. The number of hydrogen-bond acceptors (Lipinski definition) is 4. The third-order valence-electron chi connectivity index (χ3n) is 4.32. The van der Waals surface area contributed by atoms with Gasteiger partial charge in [-0.15, -0.1) is 0 Å². The first-order chi connectivity index (χ1) is 9.41. The summed E-state index contributed by atoms with van der Waals surface area (Å²) in [5.74, 6) is 3.26. The van der Waals surface area contributed by atoms with Crippen LogP contribution in [0.25, 0.3) is 0 Å². The third kappa shape index (κ3) is 3.22. The standard InChI is InChI=1S/C16H25N3O/c1-10-6-12(9-16(2,3)8-10)20-14-7-13(17)18-15(19-14)11-4-5-11/h7,10-12H,4-6,8-9H2,1-3H3,(H2,17,18,19). The number of anilines is 1. The Kier molecular flexibility index (Phi) is 3.35. The molecule has 4 nitrogen and oxygen atoms in total. The minimum Gasteiger partial charge on any atom is -0.474 e. The normalized spacial score (nSPS) is 29.1. The predicted molar refractivity (Wildman–Crippen MR) is 79.6 cm³/mol. The van der Waals surface area contributed by atoms with Gasteiger partial charge >= 0.3 is 0 Å².